The Morgan fingerprint density at radius 1 is 0.125 bits per heavy atom. The fourth-order valence-electron chi connectivity index (χ4n) is 21.2. The van der Waals surface area contributed by atoms with Crippen molar-refractivity contribution in [2.24, 2.45) is 0 Å². The Bertz CT molecular complexity index is 8900. The Morgan fingerprint density at radius 2 is 0.368 bits per heavy atom. The first-order valence-corrected chi connectivity index (χ1v) is 46.8. The molecule has 0 radical (unpaired) electrons. The molecule has 0 aliphatic rings. The largest absolute Gasteiger partial charge is 0.311 e. The van der Waals surface area contributed by atoms with Crippen LogP contribution in [0.4, 0.5) is 34.1 Å². The molecule has 0 aliphatic heterocycles. The first-order chi connectivity index (χ1) is 67.5. The molecule has 26 rings (SSSR count). The van der Waals surface area contributed by atoms with Crippen molar-refractivity contribution in [3.05, 3.63) is 534 Å². The number of fused-ring (bicyclic) bond motifs is 12. The van der Waals surface area contributed by atoms with Crippen molar-refractivity contribution in [2.75, 3.05) is 9.80 Å². The second-order valence-corrected chi connectivity index (χ2v) is 35.3. The minimum absolute atomic E-state index is 1.09. The van der Waals surface area contributed by atoms with E-state index in [1.807, 2.05) is 0 Å². The topological polar surface area (TPSA) is 16.3 Å². The van der Waals surface area contributed by atoms with Crippen molar-refractivity contribution < 1.29 is 0 Å². The molecule has 0 N–H and O–H groups in total. The van der Waals surface area contributed by atoms with Gasteiger partial charge in [0.25, 0.3) is 0 Å². The molecule has 0 atom stereocenters. The number of rotatable bonds is 16. The molecule has 26 aromatic rings. The lowest BCUT2D eigenvalue weighted by Crippen LogP contribution is -2.09. The van der Waals surface area contributed by atoms with E-state index < -0.39 is 0 Å². The molecule has 0 saturated heterocycles. The highest BCUT2D eigenvalue weighted by Gasteiger charge is 2.24. The summed E-state index contributed by atoms with van der Waals surface area (Å²) in [5.41, 5.74) is 33.1. The minimum Gasteiger partial charge on any atom is -0.311 e. The number of hydrogen-bond acceptors (Lipinski definition) is 2. The van der Waals surface area contributed by atoms with Crippen molar-refractivity contribution in [1.29, 1.82) is 0 Å². The van der Waals surface area contributed by atoms with Gasteiger partial charge < -0.3 is 18.9 Å². The molecule has 0 aliphatic carbocycles. The molecule has 0 amide bonds. The average Bonchev–Trinajstić information content (AvgIpc) is 1.06. The lowest BCUT2D eigenvalue weighted by Gasteiger charge is -2.26. The second kappa shape index (κ2) is 34.4. The number of hydrogen-bond donors (Lipinski definition) is 0. The van der Waals surface area contributed by atoms with Gasteiger partial charge in [-0.3, -0.25) is 0 Å². The summed E-state index contributed by atoms with van der Waals surface area (Å²) in [5, 5.41) is 20.0. The van der Waals surface area contributed by atoms with Gasteiger partial charge in [0.05, 0.1) is 22.1 Å². The van der Waals surface area contributed by atoms with Gasteiger partial charge in [-0.25, -0.2) is 0 Å². The first-order valence-electron chi connectivity index (χ1n) is 46.8. The van der Waals surface area contributed by atoms with Gasteiger partial charge in [0.2, 0.25) is 0 Å². The van der Waals surface area contributed by atoms with E-state index in [0.717, 1.165) is 45.5 Å². The molecule has 0 fully saturated rings. The summed E-state index contributed by atoms with van der Waals surface area (Å²) in [6.45, 7) is 0. The van der Waals surface area contributed by atoms with E-state index in [2.05, 4.69) is 553 Å². The van der Waals surface area contributed by atoms with Crippen LogP contribution in [0, 0.1) is 0 Å². The number of aromatic nitrogens is 2. The maximum absolute atomic E-state index is 2.38. The van der Waals surface area contributed by atoms with E-state index in [-0.39, 0.29) is 0 Å². The van der Waals surface area contributed by atoms with E-state index in [9.17, 15) is 0 Å². The average molecular weight is 1730 g/mol. The van der Waals surface area contributed by atoms with Crippen LogP contribution in [0.15, 0.2) is 534 Å². The predicted molar refractivity (Wildman–Crippen MR) is 579 cm³/mol. The van der Waals surface area contributed by atoms with E-state index in [1.165, 1.54) is 197 Å². The van der Waals surface area contributed by atoms with Gasteiger partial charge in [-0.05, 0) is 293 Å². The molecule has 0 unspecified atom stereocenters. The van der Waals surface area contributed by atoms with Crippen LogP contribution >= 0.6 is 0 Å². The van der Waals surface area contributed by atoms with E-state index in [1.54, 1.807) is 0 Å². The van der Waals surface area contributed by atoms with Gasteiger partial charge in [-0.1, -0.05) is 394 Å². The van der Waals surface area contributed by atoms with Crippen molar-refractivity contribution in [2.45, 2.75) is 0 Å². The number of para-hydroxylation sites is 4. The lowest BCUT2D eigenvalue weighted by atomic mass is 9.86. The van der Waals surface area contributed by atoms with Gasteiger partial charge >= 0.3 is 0 Å². The van der Waals surface area contributed by atoms with Crippen LogP contribution in [0.5, 0.6) is 0 Å². The van der Waals surface area contributed by atoms with Crippen LogP contribution < -0.4 is 9.80 Å². The van der Waals surface area contributed by atoms with Crippen LogP contribution in [0.2, 0.25) is 0 Å². The number of nitrogens with zero attached hydrogens (tertiary/aromatic N) is 4. The molecule has 2 heterocycles. The molecule has 636 valence electrons. The summed E-state index contributed by atoms with van der Waals surface area (Å²) in [7, 11) is 0. The second-order valence-electron chi connectivity index (χ2n) is 35.3. The quantitative estimate of drug-likeness (QED) is 0.0897. The normalized spacial score (nSPS) is 11.5. The van der Waals surface area contributed by atoms with Crippen LogP contribution in [0.25, 0.3) is 209 Å². The van der Waals surface area contributed by atoms with Crippen molar-refractivity contribution >= 4 is 142 Å². The molecule has 0 saturated carbocycles. The van der Waals surface area contributed by atoms with Crippen LogP contribution in [0.1, 0.15) is 0 Å². The Labute approximate surface area is 789 Å². The molecule has 24 aromatic carbocycles. The van der Waals surface area contributed by atoms with Gasteiger partial charge in [-0.2, -0.15) is 0 Å². The highest BCUT2D eigenvalue weighted by atomic mass is 15.1. The van der Waals surface area contributed by atoms with Crippen molar-refractivity contribution in [3.8, 4) is 100 Å². The highest BCUT2D eigenvalue weighted by molar-refractivity contribution is 6.23. The van der Waals surface area contributed by atoms with Crippen LogP contribution in [-0.2, 0) is 0 Å². The summed E-state index contributed by atoms with van der Waals surface area (Å²) in [5.74, 6) is 0. The number of benzene rings is 24. The van der Waals surface area contributed by atoms with Crippen LogP contribution in [-0.4, -0.2) is 9.13 Å². The summed E-state index contributed by atoms with van der Waals surface area (Å²) in [6, 6.07) is 195. The molecule has 2 aromatic heterocycles. The Hall–Kier alpha value is -18.0. The maximum atomic E-state index is 2.38. The summed E-state index contributed by atoms with van der Waals surface area (Å²) in [4.78, 5) is 4.76. The standard InChI is InChI=1S/2C66H44N2/c1-3-17-48(18-4-1)65-58-24-9-11-26-60(58)66(61-27-12-10-25-59(61)65)49-34-41-54(42-35-49)67(53-39-32-47(33-40-53)56-28-15-19-46-16-7-8-22-55(46)56)52-37-30-45(31-38-52)50-36-43-64-62(44-50)57-23-13-14-29-63(57)68(64)51-20-5-2-6-21-51;1-3-16-48(17-4-1)65-58-22-9-11-24-60(58)66(61-25-12-10-23-59(61)65)49-33-40-56(41-34-49)67(54-36-29-46(30-37-54)51-28-27-45-15-7-8-18-50(45)43-51)55-38-31-47(32-39-55)52-35-42-64-62(44-52)57-21-13-14-26-63(57)68(64)53-19-5-2-6-20-53/h2*1-44H. The zero-order valence-corrected chi connectivity index (χ0v) is 74.6. The minimum atomic E-state index is 1.09. The summed E-state index contributed by atoms with van der Waals surface area (Å²) < 4.78 is 4.74. The molecule has 0 bridgehead atoms. The third-order valence-corrected chi connectivity index (χ3v) is 27.5. The van der Waals surface area contributed by atoms with Crippen molar-refractivity contribution in [3.63, 3.8) is 0 Å². The van der Waals surface area contributed by atoms with Gasteiger partial charge in [0, 0.05) is 67.0 Å². The SMILES string of the molecule is c1ccc(-c2c3ccccc3c(-c3ccc(N(c4ccc(-c5ccc6c(c5)c5ccccc5n6-c5ccccc5)cc4)c4ccc(-c5cccc6ccccc56)cc4)cc3)c3ccccc23)cc1.c1ccc(-c2c3ccccc3c(-c3ccc(N(c4ccc(-c5ccc6ccccc6c5)cc4)c4ccc(-c5ccc6c(c5)c5ccccc5n6-c5ccccc5)cc4)cc3)c3ccccc23)cc1. The predicted octanol–water partition coefficient (Wildman–Crippen LogP) is 36.8. The van der Waals surface area contributed by atoms with Gasteiger partial charge in [-0.15, -0.1) is 0 Å². The third-order valence-electron chi connectivity index (χ3n) is 27.5. The molecule has 4 heteroatoms. The zero-order chi connectivity index (χ0) is 89.9. The Balaban J connectivity index is 0.000000145. The smallest absolute Gasteiger partial charge is 0.0541 e. The maximum Gasteiger partial charge on any atom is 0.0541 e. The third kappa shape index (κ3) is 14.4. The van der Waals surface area contributed by atoms with Gasteiger partial charge in [0.1, 0.15) is 0 Å². The fourth-order valence-corrected chi connectivity index (χ4v) is 21.2. The molecule has 4 nitrogen and oxygen atoms in total. The van der Waals surface area contributed by atoms with E-state index >= 15 is 0 Å². The van der Waals surface area contributed by atoms with Gasteiger partial charge in [0.15, 0.2) is 0 Å². The Kier molecular flexibility index (Phi) is 20.3. The fraction of sp³-hybridized carbons (Fsp3) is 0. The van der Waals surface area contributed by atoms with E-state index in [0.29, 0.717) is 0 Å². The molecular weight excluding hydrogens is 1640 g/mol. The first kappa shape index (κ1) is 80.1. The monoisotopic (exact) mass is 1730 g/mol. The lowest BCUT2D eigenvalue weighted by molar-refractivity contribution is 1.18. The van der Waals surface area contributed by atoms with Crippen molar-refractivity contribution in [1.82, 2.24) is 9.13 Å². The molecule has 0 spiro atoms. The molecular formula is C132H88N4. The summed E-state index contributed by atoms with van der Waals surface area (Å²) >= 11 is 0. The highest BCUT2D eigenvalue weighted by Crippen LogP contribution is 2.50. The molecule has 136 heavy (non-hydrogen) atoms. The van der Waals surface area contributed by atoms with Crippen LogP contribution in [0.3, 0.4) is 0 Å². The number of anilines is 6. The van der Waals surface area contributed by atoms with E-state index in [4.69, 9.17) is 0 Å². The summed E-state index contributed by atoms with van der Waals surface area (Å²) in [6.07, 6.45) is 0. The zero-order valence-electron chi connectivity index (χ0n) is 74.6. The Morgan fingerprint density at radius 3 is 0.728 bits per heavy atom.